The van der Waals surface area contributed by atoms with Gasteiger partial charge in [-0.1, -0.05) is 12.1 Å². The van der Waals surface area contributed by atoms with Crippen molar-refractivity contribution in [1.29, 1.82) is 0 Å². The first-order chi connectivity index (χ1) is 14.3. The average Bonchev–Trinajstić information content (AvgIpc) is 3.40. The number of halogens is 1. The van der Waals surface area contributed by atoms with Crippen LogP contribution in [0, 0.1) is 5.82 Å². The number of aromatic nitrogens is 5. The van der Waals surface area contributed by atoms with Crippen molar-refractivity contribution in [3.63, 3.8) is 0 Å². The zero-order valence-electron chi connectivity index (χ0n) is 15.0. The van der Waals surface area contributed by atoms with Crippen LogP contribution in [0.15, 0.2) is 48.8 Å². The molecule has 1 N–H and O–H groups in total. The monoisotopic (exact) mass is 400 g/mol. The van der Waals surface area contributed by atoms with E-state index in [0.717, 1.165) is 22.1 Å². The molecule has 6 nitrogen and oxygen atoms in total. The minimum Gasteiger partial charge on any atom is -0.338 e. The summed E-state index contributed by atoms with van der Waals surface area (Å²) in [6.07, 6.45) is 7.78. The Hall–Kier alpha value is -3.65. The van der Waals surface area contributed by atoms with Gasteiger partial charge in [-0.25, -0.2) is 14.4 Å². The minimum absolute atomic E-state index is 0.320. The molecule has 1 aliphatic heterocycles. The number of H-pyrrole nitrogens is 1. The van der Waals surface area contributed by atoms with Gasteiger partial charge in [0.25, 0.3) is 0 Å². The first-order valence-corrected chi connectivity index (χ1v) is 9.83. The van der Waals surface area contributed by atoms with Crippen LogP contribution >= 0.6 is 11.5 Å². The molecule has 8 heteroatoms. The second kappa shape index (κ2) is 6.18. The predicted molar refractivity (Wildman–Crippen MR) is 112 cm³/mol. The Morgan fingerprint density at radius 2 is 1.97 bits per heavy atom. The highest BCUT2D eigenvalue weighted by molar-refractivity contribution is 7.03. The Balaban J connectivity index is 1.52. The van der Waals surface area contributed by atoms with E-state index in [9.17, 15) is 4.39 Å². The van der Waals surface area contributed by atoms with Gasteiger partial charge in [-0.05, 0) is 41.9 Å². The Labute approximate surface area is 167 Å². The van der Waals surface area contributed by atoms with Crippen LogP contribution in [-0.4, -0.2) is 30.9 Å². The van der Waals surface area contributed by atoms with Crippen molar-refractivity contribution in [3.8, 4) is 11.4 Å². The largest absolute Gasteiger partial charge is 0.338 e. The lowest BCUT2D eigenvalue weighted by Gasteiger charge is -2.19. The summed E-state index contributed by atoms with van der Waals surface area (Å²) in [6.45, 7) is 0.702. The Morgan fingerprint density at radius 3 is 2.90 bits per heavy atom. The molecule has 0 atom stereocenters. The Kier molecular flexibility index (Phi) is 3.48. The predicted octanol–water partition coefficient (Wildman–Crippen LogP) is 2.81. The number of imidazole rings is 1. The average molecular weight is 400 g/mol. The second-order valence-electron chi connectivity index (χ2n) is 6.75. The number of fused-ring (bicyclic) bond motifs is 3. The molecule has 0 unspecified atom stereocenters. The lowest BCUT2D eigenvalue weighted by molar-refractivity contribution is 0.637. The van der Waals surface area contributed by atoms with E-state index in [-0.39, 0.29) is 5.82 Å². The molecule has 4 heterocycles. The third-order valence-corrected chi connectivity index (χ3v) is 5.78. The van der Waals surface area contributed by atoms with Crippen molar-refractivity contribution in [2.45, 2.75) is 0 Å². The third-order valence-electron chi connectivity index (χ3n) is 4.97. The molecule has 1 aliphatic rings. The van der Waals surface area contributed by atoms with Crippen LogP contribution in [0.2, 0.25) is 0 Å². The molecular weight excluding hydrogens is 387 g/mol. The fourth-order valence-corrected chi connectivity index (χ4v) is 4.19. The maximum absolute atomic E-state index is 14.1. The van der Waals surface area contributed by atoms with Gasteiger partial charge in [0, 0.05) is 29.7 Å². The third kappa shape index (κ3) is 2.60. The second-order valence-corrected chi connectivity index (χ2v) is 7.59. The molecule has 2 aromatic carbocycles. The van der Waals surface area contributed by atoms with Crippen LogP contribution in [0.5, 0.6) is 0 Å². The van der Waals surface area contributed by atoms with E-state index < -0.39 is 0 Å². The number of anilines is 1. The molecule has 0 bridgehead atoms. The van der Waals surface area contributed by atoms with Crippen LogP contribution in [0.1, 0.15) is 0 Å². The van der Waals surface area contributed by atoms with Gasteiger partial charge in [0.05, 0.1) is 21.8 Å². The summed E-state index contributed by atoms with van der Waals surface area (Å²) in [6, 6.07) is 10.6. The van der Waals surface area contributed by atoms with Crippen molar-refractivity contribution in [3.05, 3.63) is 64.4 Å². The quantitative estimate of drug-likeness (QED) is 0.493. The van der Waals surface area contributed by atoms with Gasteiger partial charge < -0.3 is 9.88 Å². The fourth-order valence-electron chi connectivity index (χ4n) is 3.55. The van der Waals surface area contributed by atoms with E-state index in [4.69, 9.17) is 4.98 Å². The van der Waals surface area contributed by atoms with Crippen molar-refractivity contribution in [1.82, 2.24) is 24.3 Å². The maximum Gasteiger partial charge on any atom is 0.152 e. The molecule has 0 saturated heterocycles. The number of para-hydroxylation sites is 2. The van der Waals surface area contributed by atoms with Gasteiger partial charge in [0.1, 0.15) is 16.9 Å². The minimum atomic E-state index is -0.351. The summed E-state index contributed by atoms with van der Waals surface area (Å²) in [5, 5.41) is 1.07. The number of nitrogens with one attached hydrogen (secondary N) is 1. The highest BCUT2D eigenvalue weighted by Crippen LogP contribution is 2.28. The number of hydrogen-bond acceptors (Lipinski definition) is 6. The molecule has 140 valence electrons. The summed E-state index contributed by atoms with van der Waals surface area (Å²) < 4.78 is 19.5. The van der Waals surface area contributed by atoms with E-state index in [1.54, 1.807) is 12.3 Å². The topological polar surface area (TPSA) is 70.6 Å². The van der Waals surface area contributed by atoms with Crippen molar-refractivity contribution >= 4 is 51.7 Å². The summed E-state index contributed by atoms with van der Waals surface area (Å²) >= 11 is 1.49. The Bertz CT molecular complexity index is 1520. The fraction of sp³-hybridized carbons (Fsp3) is 0.0476. The smallest absolute Gasteiger partial charge is 0.152 e. The van der Waals surface area contributed by atoms with Crippen LogP contribution in [0.4, 0.5) is 10.2 Å². The SMILES string of the molecule is Fc1cccc2[nH]c(-c3cccc4ncc(N5C=c6cnsc6=CC5)nc34)nc12. The lowest BCUT2D eigenvalue weighted by Crippen LogP contribution is -2.32. The summed E-state index contributed by atoms with van der Waals surface area (Å²) in [4.78, 5) is 19.2. The number of benzene rings is 2. The first kappa shape index (κ1) is 16.3. The number of rotatable bonds is 2. The maximum atomic E-state index is 14.1. The standard InChI is InChI=1S/C21H13FN6S/c22-14-4-2-6-16-20(14)27-21(25-16)13-3-1-5-15-19(13)26-18(10-23-15)28-8-7-17-12(11-28)9-24-29-17/h1-7,9-11H,8H2,(H,25,27). The van der Waals surface area contributed by atoms with E-state index in [0.29, 0.717) is 28.9 Å². The first-order valence-electron chi connectivity index (χ1n) is 9.06. The number of aromatic amines is 1. The van der Waals surface area contributed by atoms with Crippen molar-refractivity contribution in [2.75, 3.05) is 11.4 Å². The van der Waals surface area contributed by atoms with Crippen molar-refractivity contribution in [2.24, 2.45) is 0 Å². The van der Waals surface area contributed by atoms with Crippen LogP contribution in [-0.2, 0) is 0 Å². The van der Waals surface area contributed by atoms with E-state index >= 15 is 0 Å². The summed E-state index contributed by atoms with van der Waals surface area (Å²) in [5.41, 5.74) is 3.22. The normalized spacial score (nSPS) is 13.3. The molecule has 0 fully saturated rings. The molecule has 0 saturated carbocycles. The highest BCUT2D eigenvalue weighted by atomic mass is 32.1. The summed E-state index contributed by atoms with van der Waals surface area (Å²) in [7, 11) is 0. The Morgan fingerprint density at radius 1 is 1.03 bits per heavy atom. The van der Waals surface area contributed by atoms with Gasteiger partial charge in [-0.3, -0.25) is 4.98 Å². The molecule has 3 aromatic heterocycles. The van der Waals surface area contributed by atoms with Crippen LogP contribution in [0.25, 0.3) is 45.7 Å². The van der Waals surface area contributed by atoms with E-state index in [2.05, 4.69) is 25.4 Å². The molecule has 0 aliphatic carbocycles. The van der Waals surface area contributed by atoms with Gasteiger partial charge in [-0.2, -0.15) is 4.37 Å². The number of hydrogen-bond donors (Lipinski definition) is 1. The van der Waals surface area contributed by atoms with Gasteiger partial charge in [-0.15, -0.1) is 0 Å². The van der Waals surface area contributed by atoms with Gasteiger partial charge in [0.15, 0.2) is 11.6 Å². The summed E-state index contributed by atoms with van der Waals surface area (Å²) in [5.74, 6) is 0.955. The molecule has 6 rings (SSSR count). The zero-order chi connectivity index (χ0) is 19.4. The van der Waals surface area contributed by atoms with Gasteiger partial charge >= 0.3 is 0 Å². The van der Waals surface area contributed by atoms with Gasteiger partial charge in [0.2, 0.25) is 0 Å². The van der Waals surface area contributed by atoms with Crippen LogP contribution < -0.4 is 14.7 Å². The molecular formula is C21H13FN6S. The molecule has 0 radical (unpaired) electrons. The number of nitrogens with zero attached hydrogens (tertiary/aromatic N) is 5. The lowest BCUT2D eigenvalue weighted by atomic mass is 10.1. The van der Waals surface area contributed by atoms with E-state index in [1.165, 1.54) is 22.1 Å². The molecule has 0 spiro atoms. The van der Waals surface area contributed by atoms with E-state index in [1.807, 2.05) is 41.6 Å². The molecule has 5 aromatic rings. The zero-order valence-corrected chi connectivity index (χ0v) is 15.8. The van der Waals surface area contributed by atoms with Crippen LogP contribution in [0.3, 0.4) is 0 Å². The van der Waals surface area contributed by atoms with Crippen molar-refractivity contribution < 1.29 is 4.39 Å². The molecule has 0 amide bonds. The highest BCUT2D eigenvalue weighted by Gasteiger charge is 2.15. The molecule has 29 heavy (non-hydrogen) atoms.